The second-order valence-corrected chi connectivity index (χ2v) is 7.40. The molecule has 2 N–H and O–H groups in total. The van der Waals surface area contributed by atoms with Crippen LogP contribution in [-0.2, 0) is 14.8 Å². The maximum absolute atomic E-state index is 12.3. The topological polar surface area (TPSA) is 101 Å². The minimum Gasteiger partial charge on any atom is -0.326 e. The van der Waals surface area contributed by atoms with Crippen molar-refractivity contribution in [1.29, 1.82) is 0 Å². The molecule has 1 heterocycles. The van der Waals surface area contributed by atoms with Crippen LogP contribution in [0.15, 0.2) is 59.8 Å². The fraction of sp³-hybridized carbons (Fsp3) is 0.235. The van der Waals surface area contributed by atoms with Crippen LogP contribution < -0.4 is 10.0 Å². The van der Waals surface area contributed by atoms with Gasteiger partial charge in [0.2, 0.25) is 11.9 Å². The molecular formula is C17H18N4O3S. The molecule has 1 aromatic heterocycles. The van der Waals surface area contributed by atoms with Crippen LogP contribution in [0.1, 0.15) is 19.3 Å². The van der Waals surface area contributed by atoms with Gasteiger partial charge in [-0.25, -0.2) is 23.1 Å². The van der Waals surface area contributed by atoms with Gasteiger partial charge >= 0.3 is 0 Å². The first-order valence-electron chi connectivity index (χ1n) is 7.89. The van der Waals surface area contributed by atoms with E-state index in [1.807, 2.05) is 0 Å². The number of rotatable bonds is 6. The fourth-order valence-electron chi connectivity index (χ4n) is 2.56. The van der Waals surface area contributed by atoms with Gasteiger partial charge in [-0.1, -0.05) is 12.2 Å². The molecule has 0 bridgehead atoms. The van der Waals surface area contributed by atoms with Gasteiger partial charge in [0.1, 0.15) is 0 Å². The molecule has 0 aliphatic heterocycles. The minimum absolute atomic E-state index is 0.00416. The third-order valence-electron chi connectivity index (χ3n) is 3.80. The number of anilines is 2. The Morgan fingerprint density at radius 2 is 1.88 bits per heavy atom. The highest BCUT2D eigenvalue weighted by molar-refractivity contribution is 7.92. The monoisotopic (exact) mass is 358 g/mol. The van der Waals surface area contributed by atoms with Crippen molar-refractivity contribution >= 4 is 27.6 Å². The number of sulfonamides is 1. The summed E-state index contributed by atoms with van der Waals surface area (Å²) in [5.41, 5.74) is 0.557. The molecule has 0 saturated carbocycles. The number of benzene rings is 1. The lowest BCUT2D eigenvalue weighted by Crippen LogP contribution is -2.16. The molecule has 0 saturated heterocycles. The van der Waals surface area contributed by atoms with Gasteiger partial charge in [-0.3, -0.25) is 4.79 Å². The maximum atomic E-state index is 12.3. The first-order valence-corrected chi connectivity index (χ1v) is 9.38. The molecule has 8 heteroatoms. The van der Waals surface area contributed by atoms with Crippen LogP contribution in [0.3, 0.4) is 0 Å². The van der Waals surface area contributed by atoms with Gasteiger partial charge in [0.05, 0.1) is 4.90 Å². The number of carbonyl (C=O) groups excluding carboxylic acids is 1. The highest BCUT2D eigenvalue weighted by atomic mass is 32.2. The summed E-state index contributed by atoms with van der Waals surface area (Å²) in [6.07, 6.45) is 9.49. The summed E-state index contributed by atoms with van der Waals surface area (Å²) in [7, 11) is -3.77. The number of nitrogens with one attached hydrogen (secondary N) is 2. The van der Waals surface area contributed by atoms with E-state index in [9.17, 15) is 13.2 Å². The van der Waals surface area contributed by atoms with Crippen LogP contribution in [0.25, 0.3) is 0 Å². The Hall–Kier alpha value is -2.74. The van der Waals surface area contributed by atoms with E-state index in [2.05, 4.69) is 32.2 Å². The van der Waals surface area contributed by atoms with Gasteiger partial charge in [-0.2, -0.15) is 0 Å². The second-order valence-electron chi connectivity index (χ2n) is 5.72. The van der Waals surface area contributed by atoms with Crippen LogP contribution in [-0.4, -0.2) is 24.3 Å². The second kappa shape index (κ2) is 7.43. The number of carbonyl (C=O) groups is 1. The Morgan fingerprint density at radius 1 is 1.16 bits per heavy atom. The van der Waals surface area contributed by atoms with Crippen molar-refractivity contribution < 1.29 is 13.2 Å². The molecule has 7 nitrogen and oxygen atoms in total. The largest absolute Gasteiger partial charge is 0.326 e. The van der Waals surface area contributed by atoms with E-state index in [4.69, 9.17) is 0 Å². The molecule has 1 aromatic carbocycles. The third-order valence-corrected chi connectivity index (χ3v) is 5.14. The molecule has 0 spiro atoms. The number of allylic oxidation sites excluding steroid dienone is 2. The average molecular weight is 358 g/mol. The summed E-state index contributed by atoms with van der Waals surface area (Å²) >= 11 is 0. The van der Waals surface area contributed by atoms with Gasteiger partial charge in [0.15, 0.2) is 0 Å². The summed E-state index contributed by atoms with van der Waals surface area (Å²) in [4.78, 5) is 19.7. The minimum atomic E-state index is -3.77. The van der Waals surface area contributed by atoms with Crippen molar-refractivity contribution in [1.82, 2.24) is 9.97 Å². The third kappa shape index (κ3) is 4.63. The van der Waals surface area contributed by atoms with Crippen LogP contribution in [0.4, 0.5) is 11.6 Å². The van der Waals surface area contributed by atoms with E-state index >= 15 is 0 Å². The summed E-state index contributed by atoms with van der Waals surface area (Å²) in [6, 6.07) is 7.56. The predicted molar refractivity (Wildman–Crippen MR) is 94.4 cm³/mol. The standard InChI is InChI=1S/C17H18N4O3S/c22-16(12-13-4-1-2-5-13)20-14-6-8-15(9-7-14)25(23,24)21-17-18-10-3-11-19-17/h1,3-4,6-11,13H,2,5,12H2,(H,20,22)(H,18,19,21). The number of hydrogen-bond donors (Lipinski definition) is 2. The highest BCUT2D eigenvalue weighted by Gasteiger charge is 2.17. The van der Waals surface area contributed by atoms with Crippen molar-refractivity contribution in [2.75, 3.05) is 10.0 Å². The Kier molecular flexibility index (Phi) is 5.08. The van der Waals surface area contributed by atoms with Gasteiger partial charge < -0.3 is 5.32 Å². The van der Waals surface area contributed by atoms with Gasteiger partial charge in [0.25, 0.3) is 10.0 Å². The summed E-state index contributed by atoms with van der Waals surface area (Å²) in [6.45, 7) is 0. The molecule has 25 heavy (non-hydrogen) atoms. The van der Waals surface area contributed by atoms with E-state index in [0.717, 1.165) is 12.8 Å². The molecule has 0 fully saturated rings. The highest BCUT2D eigenvalue weighted by Crippen LogP contribution is 2.21. The van der Waals surface area contributed by atoms with Crippen molar-refractivity contribution in [2.24, 2.45) is 5.92 Å². The van der Waals surface area contributed by atoms with Gasteiger partial charge in [-0.15, -0.1) is 0 Å². The zero-order valence-corrected chi connectivity index (χ0v) is 14.2. The zero-order valence-electron chi connectivity index (χ0n) is 13.4. The number of aromatic nitrogens is 2. The summed E-state index contributed by atoms with van der Waals surface area (Å²) in [5.74, 6) is 0.210. The van der Waals surface area contributed by atoms with Crippen molar-refractivity contribution in [3.8, 4) is 0 Å². The van der Waals surface area contributed by atoms with E-state index in [1.165, 1.54) is 24.5 Å². The van der Waals surface area contributed by atoms with E-state index in [-0.39, 0.29) is 22.7 Å². The Bertz CT molecular complexity index is 865. The van der Waals surface area contributed by atoms with E-state index in [0.29, 0.717) is 12.1 Å². The molecule has 1 aliphatic carbocycles. The number of amides is 1. The first-order chi connectivity index (χ1) is 12.0. The predicted octanol–water partition coefficient (Wildman–Crippen LogP) is 2.57. The Balaban J connectivity index is 1.63. The molecule has 3 rings (SSSR count). The molecule has 1 amide bonds. The molecule has 1 aliphatic rings. The smallest absolute Gasteiger partial charge is 0.264 e. The van der Waals surface area contributed by atoms with Gasteiger partial charge in [-0.05, 0) is 49.1 Å². The molecular weight excluding hydrogens is 340 g/mol. The normalized spacial score (nSPS) is 16.6. The van der Waals surface area contributed by atoms with Crippen molar-refractivity contribution in [3.63, 3.8) is 0 Å². The first kappa shape index (κ1) is 17.1. The molecule has 1 atom stereocenters. The average Bonchev–Trinajstić information content (AvgIpc) is 3.08. The van der Waals surface area contributed by atoms with Crippen LogP contribution >= 0.6 is 0 Å². The molecule has 1 unspecified atom stereocenters. The van der Waals surface area contributed by atoms with E-state index in [1.54, 1.807) is 18.2 Å². The van der Waals surface area contributed by atoms with Crippen LogP contribution in [0.2, 0.25) is 0 Å². The zero-order chi connectivity index (χ0) is 17.7. The van der Waals surface area contributed by atoms with Crippen molar-refractivity contribution in [3.05, 3.63) is 54.9 Å². The van der Waals surface area contributed by atoms with Crippen LogP contribution in [0, 0.1) is 5.92 Å². The molecule has 2 aromatic rings. The lowest BCUT2D eigenvalue weighted by molar-refractivity contribution is -0.116. The van der Waals surface area contributed by atoms with Crippen LogP contribution in [0.5, 0.6) is 0 Å². The maximum Gasteiger partial charge on any atom is 0.264 e. The summed E-state index contributed by atoms with van der Waals surface area (Å²) in [5, 5.41) is 2.78. The van der Waals surface area contributed by atoms with E-state index < -0.39 is 10.0 Å². The number of nitrogens with zero attached hydrogens (tertiary/aromatic N) is 2. The molecule has 0 radical (unpaired) electrons. The Morgan fingerprint density at radius 3 is 2.52 bits per heavy atom. The number of hydrogen-bond acceptors (Lipinski definition) is 5. The van der Waals surface area contributed by atoms with Crippen molar-refractivity contribution in [2.45, 2.75) is 24.2 Å². The van der Waals surface area contributed by atoms with Gasteiger partial charge in [0, 0.05) is 24.5 Å². The molecule has 130 valence electrons. The summed E-state index contributed by atoms with van der Waals surface area (Å²) < 4.78 is 26.9. The quantitative estimate of drug-likeness (QED) is 0.773. The fourth-order valence-corrected chi connectivity index (χ4v) is 3.52. The SMILES string of the molecule is O=C(CC1C=CCC1)Nc1ccc(S(=O)(=O)Nc2ncccn2)cc1. The lowest BCUT2D eigenvalue weighted by atomic mass is 10.1. The Labute approximate surface area is 146 Å². The lowest BCUT2D eigenvalue weighted by Gasteiger charge is -2.10.